The highest BCUT2D eigenvalue weighted by atomic mass is 16.2. The first-order chi connectivity index (χ1) is 7.60. The molecule has 16 heavy (non-hydrogen) atoms. The lowest BCUT2D eigenvalue weighted by Crippen LogP contribution is -2.37. The minimum Gasteiger partial charge on any atom is -0.317 e. The van der Waals surface area contributed by atoms with Crippen molar-refractivity contribution in [1.29, 1.82) is 0 Å². The van der Waals surface area contributed by atoms with Gasteiger partial charge in [-0.15, -0.1) is 0 Å². The Kier molecular flexibility index (Phi) is 2.27. The van der Waals surface area contributed by atoms with Crippen molar-refractivity contribution in [3.05, 3.63) is 20.8 Å². The molecule has 0 bridgehead atoms. The zero-order chi connectivity index (χ0) is 11.9. The predicted molar refractivity (Wildman–Crippen MR) is 59.1 cm³/mol. The minimum absolute atomic E-state index is 0.250. The lowest BCUT2D eigenvalue weighted by Gasteiger charge is -2.04. The van der Waals surface area contributed by atoms with Crippen LogP contribution in [0.2, 0.25) is 0 Å². The molecule has 0 unspecified atom stereocenters. The number of nitrogens with zero attached hydrogens (tertiary/aromatic N) is 3. The molecule has 2 rings (SSSR count). The maximum atomic E-state index is 11.8. The molecular weight excluding hydrogens is 212 g/mol. The van der Waals surface area contributed by atoms with E-state index in [1.54, 1.807) is 6.92 Å². The van der Waals surface area contributed by atoms with Gasteiger partial charge in [0.1, 0.15) is 0 Å². The molecule has 0 aliphatic carbocycles. The van der Waals surface area contributed by atoms with E-state index >= 15 is 0 Å². The summed E-state index contributed by atoms with van der Waals surface area (Å²) < 4.78 is 2.43. The van der Waals surface area contributed by atoms with Gasteiger partial charge in [-0.3, -0.25) is 19.4 Å². The van der Waals surface area contributed by atoms with Gasteiger partial charge in [0.15, 0.2) is 11.2 Å². The molecule has 0 saturated heterocycles. The van der Waals surface area contributed by atoms with E-state index in [1.807, 2.05) is 0 Å². The number of fused-ring (bicyclic) bond motifs is 1. The molecule has 0 fully saturated rings. The van der Waals surface area contributed by atoms with Gasteiger partial charge in [0, 0.05) is 13.6 Å². The van der Waals surface area contributed by atoms with E-state index < -0.39 is 11.2 Å². The van der Waals surface area contributed by atoms with Crippen LogP contribution in [-0.2, 0) is 13.6 Å². The van der Waals surface area contributed by atoms with Crippen molar-refractivity contribution in [3.63, 3.8) is 0 Å². The van der Waals surface area contributed by atoms with Crippen LogP contribution in [0.3, 0.4) is 0 Å². The van der Waals surface area contributed by atoms with Gasteiger partial charge in [0.25, 0.3) is 5.56 Å². The third-order valence-corrected chi connectivity index (χ3v) is 2.43. The van der Waals surface area contributed by atoms with Crippen molar-refractivity contribution < 1.29 is 0 Å². The van der Waals surface area contributed by atoms with E-state index in [2.05, 4.69) is 15.4 Å². The third-order valence-electron chi connectivity index (χ3n) is 2.43. The number of anilines is 1. The van der Waals surface area contributed by atoms with Crippen LogP contribution in [0.1, 0.15) is 6.92 Å². The van der Waals surface area contributed by atoms with Crippen molar-refractivity contribution >= 4 is 17.1 Å². The van der Waals surface area contributed by atoms with Crippen LogP contribution in [0.4, 0.5) is 5.95 Å². The van der Waals surface area contributed by atoms with Gasteiger partial charge in [-0.05, 0) is 6.92 Å². The smallest absolute Gasteiger partial charge is 0.317 e. The van der Waals surface area contributed by atoms with E-state index in [0.717, 1.165) is 4.57 Å². The summed E-state index contributed by atoms with van der Waals surface area (Å²) >= 11 is 0. The van der Waals surface area contributed by atoms with E-state index in [4.69, 9.17) is 5.84 Å². The first-order valence-corrected chi connectivity index (χ1v) is 4.76. The van der Waals surface area contributed by atoms with Gasteiger partial charge < -0.3 is 4.98 Å². The fourth-order valence-electron chi connectivity index (χ4n) is 1.59. The van der Waals surface area contributed by atoms with Crippen molar-refractivity contribution in [2.75, 3.05) is 5.43 Å². The van der Waals surface area contributed by atoms with Gasteiger partial charge in [-0.1, -0.05) is 0 Å². The molecule has 0 radical (unpaired) electrons. The summed E-state index contributed by atoms with van der Waals surface area (Å²) in [7, 11) is 1.42. The molecule has 0 aromatic carbocycles. The summed E-state index contributed by atoms with van der Waals surface area (Å²) in [5.74, 6) is 5.44. The van der Waals surface area contributed by atoms with Crippen molar-refractivity contribution in [1.82, 2.24) is 19.1 Å². The fraction of sp³-hybridized carbons (Fsp3) is 0.375. The number of aromatic amines is 1. The summed E-state index contributed by atoms with van der Waals surface area (Å²) in [4.78, 5) is 30.2. The van der Waals surface area contributed by atoms with Gasteiger partial charge in [0.2, 0.25) is 5.95 Å². The Morgan fingerprint density at radius 1 is 1.50 bits per heavy atom. The molecule has 8 nitrogen and oxygen atoms in total. The third kappa shape index (κ3) is 1.23. The Labute approximate surface area is 89.7 Å². The van der Waals surface area contributed by atoms with Crippen molar-refractivity contribution in [2.45, 2.75) is 13.5 Å². The number of nitrogens with one attached hydrogen (secondary N) is 2. The highest BCUT2D eigenvalue weighted by Gasteiger charge is 2.13. The Morgan fingerprint density at radius 2 is 2.19 bits per heavy atom. The standard InChI is InChI=1S/C8H12N6O2/c1-3-14-5-4(10-7(11-5)12-9)6(15)13(2)8(14)16/h3,9H2,1-2H3,(H2,10,11,12). The molecule has 0 atom stereocenters. The Morgan fingerprint density at radius 3 is 2.75 bits per heavy atom. The zero-order valence-corrected chi connectivity index (χ0v) is 8.94. The highest BCUT2D eigenvalue weighted by Crippen LogP contribution is 2.07. The number of aromatic nitrogens is 4. The van der Waals surface area contributed by atoms with E-state index in [9.17, 15) is 9.59 Å². The molecule has 0 spiro atoms. The average molecular weight is 224 g/mol. The van der Waals surface area contributed by atoms with Crippen LogP contribution in [0.15, 0.2) is 9.59 Å². The van der Waals surface area contributed by atoms with E-state index in [-0.39, 0.29) is 11.5 Å². The SMILES string of the molecule is CCn1c(=O)n(C)c(=O)c2[nH]c(NN)nc21. The zero-order valence-electron chi connectivity index (χ0n) is 8.94. The fourth-order valence-corrected chi connectivity index (χ4v) is 1.59. The number of H-pyrrole nitrogens is 1. The first-order valence-electron chi connectivity index (χ1n) is 4.76. The van der Waals surface area contributed by atoms with Gasteiger partial charge in [-0.2, -0.15) is 4.98 Å². The molecule has 2 heterocycles. The summed E-state index contributed by atoms with van der Waals surface area (Å²) in [5.41, 5.74) is 2.06. The number of hydrogen-bond acceptors (Lipinski definition) is 5. The van der Waals surface area contributed by atoms with Crippen LogP contribution in [0.5, 0.6) is 0 Å². The van der Waals surface area contributed by atoms with Gasteiger partial charge in [-0.25, -0.2) is 10.6 Å². The molecular formula is C8H12N6O2. The monoisotopic (exact) mass is 224 g/mol. The summed E-state index contributed by atoms with van der Waals surface area (Å²) in [6, 6.07) is 0. The number of nitrogen functional groups attached to an aromatic ring is 1. The second kappa shape index (κ2) is 3.49. The van der Waals surface area contributed by atoms with Crippen LogP contribution >= 0.6 is 0 Å². The molecule has 86 valence electrons. The normalized spacial score (nSPS) is 10.9. The number of aryl methyl sites for hydroxylation is 1. The molecule has 2 aromatic heterocycles. The number of rotatable bonds is 2. The first kappa shape index (κ1) is 10.4. The number of hydrogen-bond donors (Lipinski definition) is 3. The molecule has 2 aromatic rings. The lowest BCUT2D eigenvalue weighted by atomic mass is 10.5. The maximum Gasteiger partial charge on any atom is 0.332 e. The van der Waals surface area contributed by atoms with E-state index in [1.165, 1.54) is 11.6 Å². The van der Waals surface area contributed by atoms with Crippen LogP contribution in [-0.4, -0.2) is 19.1 Å². The Balaban J connectivity index is 3.01. The molecule has 4 N–H and O–H groups in total. The summed E-state index contributed by atoms with van der Waals surface area (Å²) in [6.45, 7) is 2.23. The summed E-state index contributed by atoms with van der Waals surface area (Å²) in [6.07, 6.45) is 0. The van der Waals surface area contributed by atoms with Gasteiger partial charge >= 0.3 is 5.69 Å². The van der Waals surface area contributed by atoms with Crippen molar-refractivity contribution in [3.8, 4) is 0 Å². The molecule has 0 aliphatic rings. The van der Waals surface area contributed by atoms with Gasteiger partial charge in [0.05, 0.1) is 0 Å². The lowest BCUT2D eigenvalue weighted by molar-refractivity contribution is 0.652. The molecule has 0 saturated carbocycles. The predicted octanol–water partition coefficient (Wildman–Crippen LogP) is -1.27. The Bertz CT molecular complexity index is 649. The van der Waals surface area contributed by atoms with E-state index in [0.29, 0.717) is 12.2 Å². The quantitative estimate of drug-likeness (QED) is 0.435. The second-order valence-electron chi connectivity index (χ2n) is 3.32. The number of imidazole rings is 1. The van der Waals surface area contributed by atoms with Crippen LogP contribution < -0.4 is 22.5 Å². The highest BCUT2D eigenvalue weighted by molar-refractivity contribution is 5.72. The summed E-state index contributed by atoms with van der Waals surface area (Å²) in [5, 5.41) is 0. The molecule has 0 aliphatic heterocycles. The number of hydrazine groups is 1. The van der Waals surface area contributed by atoms with Crippen LogP contribution in [0, 0.1) is 0 Å². The van der Waals surface area contributed by atoms with Crippen molar-refractivity contribution in [2.24, 2.45) is 12.9 Å². The minimum atomic E-state index is -0.418. The maximum absolute atomic E-state index is 11.8. The molecule has 0 amide bonds. The Hall–Kier alpha value is -2.09. The topological polar surface area (TPSA) is 111 Å². The van der Waals surface area contributed by atoms with Crippen LogP contribution in [0.25, 0.3) is 11.2 Å². The number of nitrogens with two attached hydrogens (primary N) is 1. The second-order valence-corrected chi connectivity index (χ2v) is 3.32. The largest absolute Gasteiger partial charge is 0.332 e. The molecule has 8 heteroatoms. The average Bonchev–Trinajstić information content (AvgIpc) is 2.71.